The van der Waals surface area contributed by atoms with Crippen molar-refractivity contribution in [3.05, 3.63) is 109 Å². The number of carbonyl (C=O) groups is 3. The lowest BCUT2D eigenvalue weighted by Gasteiger charge is -2.18. The molecule has 0 spiro atoms. The van der Waals surface area contributed by atoms with Crippen molar-refractivity contribution in [1.82, 2.24) is 0 Å². The van der Waals surface area contributed by atoms with E-state index < -0.39 is 6.10 Å². The van der Waals surface area contributed by atoms with Crippen molar-refractivity contribution in [3.63, 3.8) is 0 Å². The van der Waals surface area contributed by atoms with Crippen molar-refractivity contribution >= 4 is 17.9 Å². The predicted octanol–water partition coefficient (Wildman–Crippen LogP) is 17.5. The van der Waals surface area contributed by atoms with Crippen LogP contribution in [0.4, 0.5) is 0 Å². The SMILES string of the molecule is CC/C=C/C=C/C=C/C=C/C=C/CCCC(=O)OCC(COC(=O)CCCCCCCCCCCC/C=C/C=C/CCCCC)OC(=O)CCCCCCCC/C=C/C=C/CCCCC. The second-order valence-corrected chi connectivity index (χ2v) is 17.2. The molecular formula is C59H96O6. The molecule has 0 saturated carbocycles. The Morgan fingerprint density at radius 2 is 0.615 bits per heavy atom. The van der Waals surface area contributed by atoms with Crippen molar-refractivity contribution in [2.24, 2.45) is 0 Å². The van der Waals surface area contributed by atoms with Gasteiger partial charge in [0.05, 0.1) is 0 Å². The van der Waals surface area contributed by atoms with E-state index in [-0.39, 0.29) is 37.5 Å². The number of esters is 3. The van der Waals surface area contributed by atoms with E-state index in [1.165, 1.54) is 109 Å². The number of carbonyl (C=O) groups excluding carboxylic acids is 3. The molecule has 1 atom stereocenters. The maximum absolute atomic E-state index is 12.8. The largest absolute Gasteiger partial charge is 0.462 e. The van der Waals surface area contributed by atoms with Gasteiger partial charge < -0.3 is 14.2 Å². The molecule has 368 valence electrons. The van der Waals surface area contributed by atoms with E-state index in [1.54, 1.807) is 0 Å². The van der Waals surface area contributed by atoms with Gasteiger partial charge in [0.2, 0.25) is 0 Å². The van der Waals surface area contributed by atoms with E-state index in [0.29, 0.717) is 19.3 Å². The molecule has 0 aromatic carbocycles. The van der Waals surface area contributed by atoms with Gasteiger partial charge in [0.15, 0.2) is 6.10 Å². The minimum Gasteiger partial charge on any atom is -0.462 e. The topological polar surface area (TPSA) is 78.9 Å². The lowest BCUT2D eigenvalue weighted by Crippen LogP contribution is -2.30. The van der Waals surface area contributed by atoms with Gasteiger partial charge in [-0.3, -0.25) is 14.4 Å². The standard InChI is InChI=1S/C59H96O6/c1-4-7-10-13-16-19-22-25-27-28-29-30-32-34-37-40-43-46-49-52-58(61)64-55-56(54-63-57(60)51-48-45-42-39-36-33-24-21-18-15-12-9-6-3)65-59(62)53-50-47-44-41-38-35-31-26-23-20-17-14-11-8-5-2/h9,12,15-26,33,36,39,42,56H,4-8,10-11,13-14,27-32,34-35,37-38,40-41,43-55H2,1-3H3/b12-9+,18-15+,19-16+,20-17+,24-21+,25-22+,26-23+,36-33+,42-39+. The third-order valence-corrected chi connectivity index (χ3v) is 10.9. The van der Waals surface area contributed by atoms with Crippen LogP contribution in [0.1, 0.15) is 226 Å². The number of ether oxygens (including phenoxy) is 3. The average Bonchev–Trinajstić information content (AvgIpc) is 3.30. The summed E-state index contributed by atoms with van der Waals surface area (Å²) >= 11 is 0. The van der Waals surface area contributed by atoms with Crippen LogP contribution in [0.25, 0.3) is 0 Å². The van der Waals surface area contributed by atoms with Crippen LogP contribution in [0.5, 0.6) is 0 Å². The Kier molecular flexibility index (Phi) is 49.5. The summed E-state index contributed by atoms with van der Waals surface area (Å²) in [5.74, 6) is -1.01. The lowest BCUT2D eigenvalue weighted by atomic mass is 10.1. The van der Waals surface area contributed by atoms with Gasteiger partial charge in [0.25, 0.3) is 0 Å². The molecule has 1 unspecified atom stereocenters. The molecule has 0 fully saturated rings. The molecule has 0 aromatic rings. The summed E-state index contributed by atoms with van der Waals surface area (Å²) in [4.78, 5) is 38.0. The third kappa shape index (κ3) is 50.9. The van der Waals surface area contributed by atoms with Crippen LogP contribution in [-0.4, -0.2) is 37.2 Å². The Bertz CT molecular complexity index is 1360. The Hall–Kier alpha value is -3.93. The Labute approximate surface area is 400 Å². The smallest absolute Gasteiger partial charge is 0.306 e. The number of allylic oxidation sites excluding steroid dienone is 18. The van der Waals surface area contributed by atoms with Gasteiger partial charge in [-0.2, -0.15) is 0 Å². The monoisotopic (exact) mass is 901 g/mol. The first kappa shape index (κ1) is 61.1. The fourth-order valence-electron chi connectivity index (χ4n) is 6.92. The van der Waals surface area contributed by atoms with Crippen molar-refractivity contribution in [1.29, 1.82) is 0 Å². The first-order valence-corrected chi connectivity index (χ1v) is 26.5. The predicted molar refractivity (Wildman–Crippen MR) is 279 cm³/mol. The van der Waals surface area contributed by atoms with Crippen LogP contribution in [0.15, 0.2) is 109 Å². The highest BCUT2D eigenvalue weighted by atomic mass is 16.6. The lowest BCUT2D eigenvalue weighted by molar-refractivity contribution is -0.167. The molecule has 6 heteroatoms. The van der Waals surface area contributed by atoms with Crippen molar-refractivity contribution in [3.8, 4) is 0 Å². The molecule has 0 aliphatic carbocycles. The first-order chi connectivity index (χ1) is 32.0. The summed E-state index contributed by atoms with van der Waals surface area (Å²) in [7, 11) is 0. The minimum absolute atomic E-state index is 0.109. The molecular weight excluding hydrogens is 805 g/mol. The van der Waals surface area contributed by atoms with Crippen LogP contribution < -0.4 is 0 Å². The van der Waals surface area contributed by atoms with E-state index in [2.05, 4.69) is 75.5 Å². The number of hydrogen-bond acceptors (Lipinski definition) is 6. The highest BCUT2D eigenvalue weighted by Crippen LogP contribution is 2.14. The second kappa shape index (κ2) is 52.7. The summed E-state index contributed by atoms with van der Waals surface area (Å²) < 4.78 is 16.7. The molecule has 0 aliphatic heterocycles. The van der Waals surface area contributed by atoms with Crippen molar-refractivity contribution in [2.45, 2.75) is 232 Å². The average molecular weight is 901 g/mol. The molecule has 65 heavy (non-hydrogen) atoms. The zero-order chi connectivity index (χ0) is 47.2. The molecule has 0 amide bonds. The van der Waals surface area contributed by atoms with Crippen LogP contribution >= 0.6 is 0 Å². The molecule has 0 N–H and O–H groups in total. The molecule has 0 saturated heterocycles. The van der Waals surface area contributed by atoms with Gasteiger partial charge in [-0.15, -0.1) is 0 Å². The highest BCUT2D eigenvalue weighted by Gasteiger charge is 2.19. The molecule has 0 bridgehead atoms. The Morgan fingerprint density at radius 3 is 1.02 bits per heavy atom. The molecule has 6 nitrogen and oxygen atoms in total. The van der Waals surface area contributed by atoms with E-state index in [9.17, 15) is 14.4 Å². The van der Waals surface area contributed by atoms with Crippen LogP contribution in [0, 0.1) is 0 Å². The first-order valence-electron chi connectivity index (χ1n) is 26.5. The Morgan fingerprint density at radius 1 is 0.323 bits per heavy atom. The fourth-order valence-corrected chi connectivity index (χ4v) is 6.92. The van der Waals surface area contributed by atoms with Crippen LogP contribution in [-0.2, 0) is 28.6 Å². The maximum Gasteiger partial charge on any atom is 0.306 e. The van der Waals surface area contributed by atoms with Gasteiger partial charge in [0.1, 0.15) is 13.2 Å². The van der Waals surface area contributed by atoms with E-state index >= 15 is 0 Å². The summed E-state index contributed by atoms with van der Waals surface area (Å²) in [6.45, 7) is 6.35. The summed E-state index contributed by atoms with van der Waals surface area (Å²) in [5.41, 5.74) is 0. The number of hydrogen-bond donors (Lipinski definition) is 0. The van der Waals surface area contributed by atoms with Crippen molar-refractivity contribution < 1.29 is 28.6 Å². The summed E-state index contributed by atoms with van der Waals surface area (Å²) in [6.07, 6.45) is 70.8. The summed E-state index contributed by atoms with van der Waals surface area (Å²) in [5, 5.41) is 0. The number of unbranched alkanes of at least 4 members (excludes halogenated alkanes) is 23. The molecule has 0 rings (SSSR count). The van der Waals surface area contributed by atoms with E-state index in [4.69, 9.17) is 14.2 Å². The van der Waals surface area contributed by atoms with Gasteiger partial charge >= 0.3 is 17.9 Å². The third-order valence-electron chi connectivity index (χ3n) is 10.9. The zero-order valence-electron chi connectivity index (χ0n) is 42.0. The minimum atomic E-state index is -0.816. The number of rotatable bonds is 46. The molecule has 0 aromatic heterocycles. The molecule has 0 heterocycles. The Balaban J connectivity index is 4.47. The van der Waals surface area contributed by atoms with E-state index in [0.717, 1.165) is 70.6 Å². The van der Waals surface area contributed by atoms with E-state index in [1.807, 2.05) is 54.7 Å². The zero-order valence-corrected chi connectivity index (χ0v) is 42.0. The normalized spacial score (nSPS) is 13.0. The van der Waals surface area contributed by atoms with Gasteiger partial charge in [-0.05, 0) is 83.5 Å². The van der Waals surface area contributed by atoms with Gasteiger partial charge in [-0.25, -0.2) is 0 Å². The highest BCUT2D eigenvalue weighted by molar-refractivity contribution is 5.71. The van der Waals surface area contributed by atoms with Crippen LogP contribution in [0.3, 0.4) is 0 Å². The van der Waals surface area contributed by atoms with Crippen LogP contribution in [0.2, 0.25) is 0 Å². The molecule has 0 aliphatic rings. The summed E-state index contributed by atoms with van der Waals surface area (Å²) in [6, 6.07) is 0. The van der Waals surface area contributed by atoms with Gasteiger partial charge in [0, 0.05) is 19.3 Å². The van der Waals surface area contributed by atoms with Gasteiger partial charge in [-0.1, -0.05) is 233 Å². The second-order valence-electron chi connectivity index (χ2n) is 17.2. The maximum atomic E-state index is 12.8. The quantitative estimate of drug-likeness (QED) is 0.0262. The fraction of sp³-hybridized carbons (Fsp3) is 0.644. The molecule has 0 radical (unpaired) electrons. The van der Waals surface area contributed by atoms with Crippen molar-refractivity contribution in [2.75, 3.05) is 13.2 Å².